The Labute approximate surface area is 172 Å². The Morgan fingerprint density at radius 2 is 1.87 bits per heavy atom. The monoisotopic (exact) mass is 426 g/mol. The number of rotatable bonds is 6. The zero-order valence-corrected chi connectivity index (χ0v) is 16.6. The van der Waals surface area contributed by atoms with Crippen LogP contribution >= 0.6 is 0 Å². The van der Waals surface area contributed by atoms with Gasteiger partial charge in [0.05, 0.1) is 0 Å². The Kier molecular flexibility index (Phi) is 6.23. The van der Waals surface area contributed by atoms with Gasteiger partial charge in [-0.2, -0.15) is 0 Å². The third kappa shape index (κ3) is 4.51. The topological polar surface area (TPSA) is 163 Å². The number of aliphatic hydroxyl groups is 3. The lowest BCUT2D eigenvalue weighted by atomic mass is 9.88. The molecule has 10 heteroatoms. The van der Waals surface area contributed by atoms with Crippen molar-refractivity contribution in [2.24, 2.45) is 0 Å². The maximum absolute atomic E-state index is 11.2. The maximum atomic E-state index is 11.2. The molecule has 2 heterocycles. The first-order valence-corrected chi connectivity index (χ1v) is 9.64. The van der Waals surface area contributed by atoms with Gasteiger partial charge in [-0.1, -0.05) is 0 Å². The highest BCUT2D eigenvalue weighted by molar-refractivity contribution is 5.73. The molecule has 1 unspecified atom stereocenters. The minimum absolute atomic E-state index is 0.00189. The van der Waals surface area contributed by atoms with Gasteiger partial charge >= 0.3 is 11.9 Å². The van der Waals surface area contributed by atoms with Gasteiger partial charge in [0.1, 0.15) is 35.4 Å². The predicted molar refractivity (Wildman–Crippen MR) is 100 cm³/mol. The van der Waals surface area contributed by atoms with E-state index < -0.39 is 48.2 Å². The van der Waals surface area contributed by atoms with Crippen molar-refractivity contribution in [2.45, 2.75) is 75.8 Å². The molecule has 0 aliphatic carbocycles. The molecule has 1 fully saturated rings. The second kappa shape index (κ2) is 8.38. The molecule has 0 spiro atoms. The molecule has 2 aliphatic rings. The number of carboxylic acid groups (broad SMARTS) is 2. The first-order valence-electron chi connectivity index (χ1n) is 9.64. The summed E-state index contributed by atoms with van der Waals surface area (Å²) in [5.41, 5.74) is 0.929. The van der Waals surface area contributed by atoms with Crippen LogP contribution in [0.1, 0.15) is 37.3 Å². The van der Waals surface area contributed by atoms with E-state index in [2.05, 4.69) is 0 Å². The Morgan fingerprint density at radius 3 is 2.50 bits per heavy atom. The molecule has 2 aliphatic heterocycles. The van der Waals surface area contributed by atoms with Crippen LogP contribution < -0.4 is 9.47 Å². The number of aryl methyl sites for hydroxylation is 2. The highest BCUT2D eigenvalue weighted by Gasteiger charge is 2.48. The average Bonchev–Trinajstić information content (AvgIpc) is 2.67. The van der Waals surface area contributed by atoms with Crippen LogP contribution in [0.25, 0.3) is 0 Å². The van der Waals surface area contributed by atoms with Crippen LogP contribution in [0.5, 0.6) is 11.5 Å². The lowest BCUT2D eigenvalue weighted by molar-refractivity contribution is -0.271. The third-order valence-corrected chi connectivity index (χ3v) is 5.53. The lowest BCUT2D eigenvalue weighted by Gasteiger charge is -2.39. The van der Waals surface area contributed by atoms with Crippen molar-refractivity contribution >= 4 is 11.9 Å². The Hall–Kier alpha value is -2.40. The van der Waals surface area contributed by atoms with Crippen LogP contribution in [0.15, 0.2) is 12.1 Å². The molecule has 0 saturated carbocycles. The molecule has 10 nitrogen and oxygen atoms in total. The molecule has 0 bridgehead atoms. The molecule has 166 valence electrons. The van der Waals surface area contributed by atoms with Gasteiger partial charge in [-0.25, -0.2) is 4.79 Å². The van der Waals surface area contributed by atoms with Crippen molar-refractivity contribution in [1.29, 1.82) is 0 Å². The summed E-state index contributed by atoms with van der Waals surface area (Å²) in [4.78, 5) is 22.1. The number of ether oxygens (including phenoxy) is 3. The van der Waals surface area contributed by atoms with E-state index in [0.29, 0.717) is 30.6 Å². The largest absolute Gasteiger partial charge is 0.487 e. The number of aliphatic hydroxyl groups excluding tert-OH is 3. The molecular formula is C20H26O10. The fourth-order valence-corrected chi connectivity index (χ4v) is 3.74. The van der Waals surface area contributed by atoms with E-state index in [-0.39, 0.29) is 12.2 Å². The molecule has 3 rings (SSSR count). The van der Waals surface area contributed by atoms with Crippen LogP contribution in [0.3, 0.4) is 0 Å². The summed E-state index contributed by atoms with van der Waals surface area (Å²) in [6.07, 6.45) is -6.84. The van der Waals surface area contributed by atoms with Crippen LogP contribution in [0.2, 0.25) is 0 Å². The summed E-state index contributed by atoms with van der Waals surface area (Å²) in [5, 5.41) is 47.9. The Morgan fingerprint density at radius 1 is 1.17 bits per heavy atom. The normalized spacial score (nSPS) is 33.3. The number of hydrogen-bond donors (Lipinski definition) is 5. The SMILES string of the molecule is Cc1cc(O[C@@H]2O[C@H](C(=O)O)[C@@H](O)[C@H](O)[C@H]2O)cc2c1OC(C)(CCC(=O)O)CC2. The number of fused-ring (bicyclic) bond motifs is 1. The standard InChI is InChI=1S/C20H26O10/c1-9-7-11(28-19-15(25)13(23)14(24)17(29-19)18(26)27)8-10-3-5-20(2,30-16(9)10)6-4-12(21)22/h7-8,13-15,17,19,23-25H,3-6H2,1-2H3,(H,21,22)(H,26,27)/t13-,14-,15+,17-,19+,20?/m0/s1. The van der Waals surface area contributed by atoms with Gasteiger partial charge < -0.3 is 39.7 Å². The minimum Gasteiger partial charge on any atom is -0.487 e. The minimum atomic E-state index is -1.79. The van der Waals surface area contributed by atoms with Gasteiger partial charge in [0.25, 0.3) is 0 Å². The molecule has 0 amide bonds. The maximum Gasteiger partial charge on any atom is 0.335 e. The van der Waals surface area contributed by atoms with Gasteiger partial charge in [-0.15, -0.1) is 0 Å². The average molecular weight is 426 g/mol. The van der Waals surface area contributed by atoms with Crippen LogP contribution in [0, 0.1) is 6.92 Å². The zero-order chi connectivity index (χ0) is 22.2. The van der Waals surface area contributed by atoms with Crippen LogP contribution in [0.4, 0.5) is 0 Å². The van der Waals surface area contributed by atoms with Crippen molar-refractivity contribution in [3.8, 4) is 11.5 Å². The number of carbonyl (C=O) groups is 2. The summed E-state index contributed by atoms with van der Waals surface area (Å²) < 4.78 is 16.9. The van der Waals surface area contributed by atoms with Crippen LogP contribution in [-0.4, -0.2) is 73.8 Å². The van der Waals surface area contributed by atoms with E-state index in [9.17, 15) is 24.9 Å². The smallest absolute Gasteiger partial charge is 0.335 e. The first kappa shape index (κ1) is 22.3. The predicted octanol–water partition coefficient (Wildman–Crippen LogP) is 0.215. The van der Waals surface area contributed by atoms with Crippen molar-refractivity contribution in [3.05, 3.63) is 23.3 Å². The first-order chi connectivity index (χ1) is 14.0. The second-order valence-corrected chi connectivity index (χ2v) is 8.03. The number of hydrogen-bond acceptors (Lipinski definition) is 8. The molecule has 5 N–H and O–H groups in total. The highest BCUT2D eigenvalue weighted by atomic mass is 16.7. The van der Waals surface area contributed by atoms with E-state index >= 15 is 0 Å². The summed E-state index contributed by atoms with van der Waals surface area (Å²) in [6.45, 7) is 3.65. The summed E-state index contributed by atoms with van der Waals surface area (Å²) in [7, 11) is 0. The van der Waals surface area contributed by atoms with E-state index in [0.717, 1.165) is 5.56 Å². The third-order valence-electron chi connectivity index (χ3n) is 5.53. The fraction of sp³-hybridized carbons (Fsp3) is 0.600. The Bertz CT molecular complexity index is 824. The van der Waals surface area contributed by atoms with Gasteiger partial charge in [0.2, 0.25) is 6.29 Å². The number of aliphatic carboxylic acids is 2. The van der Waals surface area contributed by atoms with Gasteiger partial charge in [-0.05, 0) is 56.4 Å². The molecule has 1 aromatic carbocycles. The number of carboxylic acids is 2. The second-order valence-electron chi connectivity index (χ2n) is 8.03. The van der Waals surface area contributed by atoms with Crippen molar-refractivity contribution in [3.63, 3.8) is 0 Å². The lowest BCUT2D eigenvalue weighted by Crippen LogP contribution is -2.61. The van der Waals surface area contributed by atoms with Crippen molar-refractivity contribution < 1.29 is 49.3 Å². The summed E-state index contributed by atoms with van der Waals surface area (Å²) in [6, 6.07) is 3.29. The van der Waals surface area contributed by atoms with Gasteiger partial charge in [0, 0.05) is 6.42 Å². The molecule has 1 aromatic rings. The van der Waals surface area contributed by atoms with E-state index in [1.165, 1.54) is 0 Å². The zero-order valence-electron chi connectivity index (χ0n) is 16.6. The Balaban J connectivity index is 1.77. The number of benzene rings is 1. The molecule has 0 aromatic heterocycles. The molecular weight excluding hydrogens is 400 g/mol. The van der Waals surface area contributed by atoms with Crippen molar-refractivity contribution in [1.82, 2.24) is 0 Å². The van der Waals surface area contributed by atoms with E-state index in [1.807, 2.05) is 6.92 Å². The molecule has 30 heavy (non-hydrogen) atoms. The van der Waals surface area contributed by atoms with E-state index in [4.69, 9.17) is 24.4 Å². The summed E-state index contributed by atoms with van der Waals surface area (Å²) >= 11 is 0. The van der Waals surface area contributed by atoms with E-state index in [1.54, 1.807) is 19.1 Å². The fourth-order valence-electron chi connectivity index (χ4n) is 3.74. The quantitative estimate of drug-likeness (QED) is 0.425. The molecule has 1 saturated heterocycles. The van der Waals surface area contributed by atoms with Crippen molar-refractivity contribution in [2.75, 3.05) is 0 Å². The highest BCUT2D eigenvalue weighted by Crippen LogP contribution is 2.40. The molecule has 0 radical (unpaired) electrons. The van der Waals surface area contributed by atoms with Crippen LogP contribution in [-0.2, 0) is 20.7 Å². The molecule has 6 atom stereocenters. The summed E-state index contributed by atoms with van der Waals surface area (Å²) in [5.74, 6) is -1.46. The van der Waals surface area contributed by atoms with Gasteiger partial charge in [0.15, 0.2) is 6.10 Å². The van der Waals surface area contributed by atoms with Gasteiger partial charge in [-0.3, -0.25) is 4.79 Å².